The van der Waals surface area contributed by atoms with Crippen molar-refractivity contribution in [2.75, 3.05) is 27.2 Å². The molecule has 66 valence electrons. The Morgan fingerprint density at radius 1 is 1.45 bits per heavy atom. The highest BCUT2D eigenvalue weighted by Crippen LogP contribution is 2.33. The lowest BCUT2D eigenvalue weighted by atomic mass is 9.88. The number of hydrogen-bond acceptors (Lipinski definition) is 2. The molecule has 1 fully saturated rings. The SMILES string of the molecule is CCC1(CCN(C)C)CCO1. The zero-order valence-corrected chi connectivity index (χ0v) is 7.89. The molecule has 0 radical (unpaired) electrons. The van der Waals surface area contributed by atoms with E-state index in [1.807, 2.05) is 0 Å². The zero-order chi connectivity index (χ0) is 8.32. The second-order valence-corrected chi connectivity index (χ2v) is 3.69. The summed E-state index contributed by atoms with van der Waals surface area (Å²) in [7, 11) is 4.23. The van der Waals surface area contributed by atoms with Crippen LogP contribution in [0.15, 0.2) is 0 Å². The molecule has 0 saturated carbocycles. The van der Waals surface area contributed by atoms with Gasteiger partial charge in [0.2, 0.25) is 0 Å². The summed E-state index contributed by atoms with van der Waals surface area (Å²) in [5, 5.41) is 0. The maximum absolute atomic E-state index is 5.59. The summed E-state index contributed by atoms with van der Waals surface area (Å²) in [6, 6.07) is 0. The number of ether oxygens (including phenoxy) is 1. The van der Waals surface area contributed by atoms with Gasteiger partial charge in [0, 0.05) is 6.54 Å². The van der Waals surface area contributed by atoms with Gasteiger partial charge in [0.05, 0.1) is 12.2 Å². The maximum atomic E-state index is 5.59. The lowest BCUT2D eigenvalue weighted by Crippen LogP contribution is -2.45. The molecule has 2 heteroatoms. The first kappa shape index (κ1) is 9.01. The number of nitrogens with zero attached hydrogens (tertiary/aromatic N) is 1. The molecule has 0 N–H and O–H groups in total. The fraction of sp³-hybridized carbons (Fsp3) is 1.00. The van der Waals surface area contributed by atoms with Gasteiger partial charge in [0.1, 0.15) is 0 Å². The first-order valence-corrected chi connectivity index (χ1v) is 4.47. The van der Waals surface area contributed by atoms with E-state index in [-0.39, 0.29) is 5.60 Å². The van der Waals surface area contributed by atoms with Crippen LogP contribution in [0, 0.1) is 0 Å². The van der Waals surface area contributed by atoms with Crippen LogP contribution in [-0.4, -0.2) is 37.7 Å². The first-order valence-electron chi connectivity index (χ1n) is 4.47. The minimum Gasteiger partial charge on any atom is -0.375 e. The molecule has 1 atom stereocenters. The van der Waals surface area contributed by atoms with E-state index in [0.29, 0.717) is 0 Å². The Hall–Kier alpha value is -0.0800. The Morgan fingerprint density at radius 3 is 2.36 bits per heavy atom. The quantitative estimate of drug-likeness (QED) is 0.613. The van der Waals surface area contributed by atoms with E-state index in [1.165, 1.54) is 19.3 Å². The van der Waals surface area contributed by atoms with Gasteiger partial charge in [0.25, 0.3) is 0 Å². The molecule has 0 amide bonds. The summed E-state index contributed by atoms with van der Waals surface area (Å²) in [4.78, 5) is 2.22. The third-order valence-electron chi connectivity index (χ3n) is 2.62. The molecular weight excluding hydrogens is 138 g/mol. The summed E-state index contributed by atoms with van der Waals surface area (Å²) in [6.45, 7) is 4.34. The lowest BCUT2D eigenvalue weighted by Gasteiger charge is -2.42. The average Bonchev–Trinajstić information content (AvgIpc) is 1.86. The highest BCUT2D eigenvalue weighted by atomic mass is 16.5. The van der Waals surface area contributed by atoms with Crippen LogP contribution < -0.4 is 0 Å². The Balaban J connectivity index is 2.22. The van der Waals surface area contributed by atoms with Crippen LogP contribution in [0.3, 0.4) is 0 Å². The van der Waals surface area contributed by atoms with Gasteiger partial charge in [-0.2, -0.15) is 0 Å². The molecule has 1 aliphatic heterocycles. The van der Waals surface area contributed by atoms with Crippen LogP contribution in [0.2, 0.25) is 0 Å². The highest BCUT2D eigenvalue weighted by Gasteiger charge is 2.35. The Bertz CT molecular complexity index is 113. The van der Waals surface area contributed by atoms with Crippen LogP contribution in [-0.2, 0) is 4.74 Å². The highest BCUT2D eigenvalue weighted by molar-refractivity contribution is 4.86. The zero-order valence-electron chi connectivity index (χ0n) is 7.89. The van der Waals surface area contributed by atoms with Gasteiger partial charge in [-0.25, -0.2) is 0 Å². The standard InChI is InChI=1S/C9H19NO/c1-4-9(6-8-11-9)5-7-10(2)3/h4-8H2,1-3H3. The predicted octanol–water partition coefficient (Wildman–Crippen LogP) is 1.51. The molecule has 0 aromatic rings. The van der Waals surface area contributed by atoms with Crippen molar-refractivity contribution >= 4 is 0 Å². The molecule has 0 aliphatic carbocycles. The van der Waals surface area contributed by atoms with Gasteiger partial charge < -0.3 is 9.64 Å². The molecule has 0 aromatic heterocycles. The largest absolute Gasteiger partial charge is 0.375 e. The van der Waals surface area contributed by atoms with Crippen molar-refractivity contribution in [3.63, 3.8) is 0 Å². The second kappa shape index (κ2) is 3.55. The monoisotopic (exact) mass is 157 g/mol. The Morgan fingerprint density at radius 2 is 2.09 bits per heavy atom. The predicted molar refractivity (Wildman–Crippen MR) is 46.8 cm³/mol. The molecule has 2 nitrogen and oxygen atoms in total. The summed E-state index contributed by atoms with van der Waals surface area (Å²) in [5.74, 6) is 0. The molecule has 1 heterocycles. The normalized spacial score (nSPS) is 30.5. The van der Waals surface area contributed by atoms with Crippen LogP contribution >= 0.6 is 0 Å². The van der Waals surface area contributed by atoms with Crippen LogP contribution in [0.5, 0.6) is 0 Å². The van der Waals surface area contributed by atoms with Crippen molar-refractivity contribution in [3.05, 3.63) is 0 Å². The van der Waals surface area contributed by atoms with E-state index in [0.717, 1.165) is 13.2 Å². The fourth-order valence-electron chi connectivity index (χ4n) is 1.47. The van der Waals surface area contributed by atoms with Crippen LogP contribution in [0.25, 0.3) is 0 Å². The van der Waals surface area contributed by atoms with E-state index < -0.39 is 0 Å². The van der Waals surface area contributed by atoms with Crippen molar-refractivity contribution in [2.24, 2.45) is 0 Å². The third-order valence-corrected chi connectivity index (χ3v) is 2.62. The lowest BCUT2D eigenvalue weighted by molar-refractivity contribution is -0.154. The third kappa shape index (κ3) is 2.17. The fourth-order valence-corrected chi connectivity index (χ4v) is 1.47. The second-order valence-electron chi connectivity index (χ2n) is 3.69. The summed E-state index contributed by atoms with van der Waals surface area (Å²) in [6.07, 6.45) is 3.62. The molecule has 0 bridgehead atoms. The van der Waals surface area contributed by atoms with Crippen molar-refractivity contribution in [1.82, 2.24) is 4.90 Å². The molecule has 1 rings (SSSR count). The Kier molecular flexibility index (Phi) is 2.90. The van der Waals surface area contributed by atoms with Gasteiger partial charge in [-0.15, -0.1) is 0 Å². The van der Waals surface area contributed by atoms with Gasteiger partial charge >= 0.3 is 0 Å². The van der Waals surface area contributed by atoms with Crippen molar-refractivity contribution in [2.45, 2.75) is 31.8 Å². The number of rotatable bonds is 4. The smallest absolute Gasteiger partial charge is 0.0714 e. The van der Waals surface area contributed by atoms with E-state index >= 15 is 0 Å². The molecular formula is C9H19NO. The minimum atomic E-state index is 0.254. The maximum Gasteiger partial charge on any atom is 0.0714 e. The molecule has 0 spiro atoms. The molecule has 1 unspecified atom stereocenters. The van der Waals surface area contributed by atoms with Crippen LogP contribution in [0.1, 0.15) is 26.2 Å². The van der Waals surface area contributed by atoms with Crippen molar-refractivity contribution in [1.29, 1.82) is 0 Å². The van der Waals surface area contributed by atoms with Gasteiger partial charge in [-0.3, -0.25) is 0 Å². The first-order chi connectivity index (χ1) is 5.18. The Labute approximate surface area is 69.5 Å². The van der Waals surface area contributed by atoms with Gasteiger partial charge in [-0.05, 0) is 33.4 Å². The summed E-state index contributed by atoms with van der Waals surface area (Å²) >= 11 is 0. The van der Waals surface area contributed by atoms with E-state index in [9.17, 15) is 0 Å². The summed E-state index contributed by atoms with van der Waals surface area (Å²) in [5.41, 5.74) is 0.254. The van der Waals surface area contributed by atoms with Crippen molar-refractivity contribution < 1.29 is 4.74 Å². The van der Waals surface area contributed by atoms with Crippen molar-refractivity contribution in [3.8, 4) is 0 Å². The van der Waals surface area contributed by atoms with E-state index in [1.54, 1.807) is 0 Å². The van der Waals surface area contributed by atoms with E-state index in [4.69, 9.17) is 4.74 Å². The van der Waals surface area contributed by atoms with Gasteiger partial charge in [0.15, 0.2) is 0 Å². The molecule has 1 aliphatic rings. The van der Waals surface area contributed by atoms with Gasteiger partial charge in [-0.1, -0.05) is 6.92 Å². The molecule has 11 heavy (non-hydrogen) atoms. The molecule has 0 aromatic carbocycles. The minimum absolute atomic E-state index is 0.254. The average molecular weight is 157 g/mol. The topological polar surface area (TPSA) is 12.5 Å². The van der Waals surface area contributed by atoms with Crippen LogP contribution in [0.4, 0.5) is 0 Å². The molecule has 1 saturated heterocycles. The summed E-state index contributed by atoms with van der Waals surface area (Å²) < 4.78 is 5.59. The number of hydrogen-bond donors (Lipinski definition) is 0. The van der Waals surface area contributed by atoms with E-state index in [2.05, 4.69) is 25.9 Å².